The van der Waals surface area contributed by atoms with Crippen molar-refractivity contribution < 1.29 is 9.53 Å². The molecule has 0 aliphatic heterocycles. The molecule has 0 spiro atoms. The van der Waals surface area contributed by atoms with Crippen molar-refractivity contribution >= 4 is 29.3 Å². The Morgan fingerprint density at radius 3 is 2.85 bits per heavy atom. The summed E-state index contributed by atoms with van der Waals surface area (Å²) in [4.78, 5) is 12.1. The topological polar surface area (TPSA) is 69.0 Å². The molecule has 1 aliphatic rings. The molecule has 1 aliphatic carbocycles. The summed E-state index contributed by atoms with van der Waals surface area (Å²) in [5.74, 6) is 2.31. The second kappa shape index (κ2) is 9.99. The fourth-order valence-electron chi connectivity index (χ4n) is 3.13. The number of halogens is 1. The Bertz CT molecular complexity index is 762. The highest BCUT2D eigenvalue weighted by Gasteiger charge is 2.16. The van der Waals surface area contributed by atoms with Gasteiger partial charge in [-0.25, -0.2) is 0 Å². The Morgan fingerprint density at radius 1 is 1.30 bits per heavy atom. The van der Waals surface area contributed by atoms with E-state index < -0.39 is 0 Å². The van der Waals surface area contributed by atoms with Crippen LogP contribution < -0.4 is 10.1 Å². The summed E-state index contributed by atoms with van der Waals surface area (Å²) < 4.78 is 7.55. The number of ether oxygens (including phenoxy) is 1. The molecular formula is C19H25ClN4O2S. The Labute approximate surface area is 169 Å². The molecule has 0 saturated heterocycles. The van der Waals surface area contributed by atoms with Gasteiger partial charge in [-0.1, -0.05) is 54.8 Å². The van der Waals surface area contributed by atoms with Gasteiger partial charge in [0.2, 0.25) is 5.91 Å². The lowest BCUT2D eigenvalue weighted by Gasteiger charge is -2.21. The van der Waals surface area contributed by atoms with Crippen LogP contribution in [0.15, 0.2) is 29.4 Å². The van der Waals surface area contributed by atoms with Crippen molar-refractivity contribution in [2.45, 2.75) is 43.9 Å². The number of para-hydroxylation sites is 1. The average molecular weight is 409 g/mol. The van der Waals surface area contributed by atoms with Crippen LogP contribution in [0.25, 0.3) is 0 Å². The maximum absolute atomic E-state index is 12.1. The number of nitrogens with one attached hydrogen (secondary N) is 1. The van der Waals surface area contributed by atoms with Crippen LogP contribution >= 0.6 is 23.4 Å². The largest absolute Gasteiger partial charge is 0.484 e. The fourth-order valence-corrected chi connectivity index (χ4v) is 4.08. The van der Waals surface area contributed by atoms with E-state index in [9.17, 15) is 4.79 Å². The third-order valence-corrected chi connectivity index (χ3v) is 6.10. The monoisotopic (exact) mass is 408 g/mol. The van der Waals surface area contributed by atoms with Crippen molar-refractivity contribution in [3.8, 4) is 5.75 Å². The zero-order valence-corrected chi connectivity index (χ0v) is 17.1. The summed E-state index contributed by atoms with van der Waals surface area (Å²) in [7, 11) is 1.87. The lowest BCUT2D eigenvalue weighted by molar-refractivity contribution is -0.118. The van der Waals surface area contributed by atoms with Crippen molar-refractivity contribution in [2.24, 2.45) is 13.0 Å². The molecule has 1 aromatic carbocycles. The van der Waals surface area contributed by atoms with Crippen LogP contribution in [0, 0.1) is 5.92 Å². The molecule has 1 amide bonds. The SMILES string of the molecule is Cn1c(COc2ccccc2Cl)nnc1SCC(=O)NCC1CCCCC1. The first-order chi connectivity index (χ1) is 13.1. The minimum absolute atomic E-state index is 0.0439. The lowest BCUT2D eigenvalue weighted by atomic mass is 9.89. The number of carbonyl (C=O) groups excluding carboxylic acids is 1. The van der Waals surface area contributed by atoms with Crippen LogP contribution in [-0.2, 0) is 18.4 Å². The van der Waals surface area contributed by atoms with Crippen molar-refractivity contribution in [2.75, 3.05) is 12.3 Å². The number of hydrogen-bond acceptors (Lipinski definition) is 5. The molecule has 146 valence electrons. The van der Waals surface area contributed by atoms with E-state index in [-0.39, 0.29) is 12.5 Å². The Kier molecular flexibility index (Phi) is 7.41. The van der Waals surface area contributed by atoms with Gasteiger partial charge in [0.25, 0.3) is 0 Å². The third-order valence-electron chi connectivity index (χ3n) is 4.76. The molecule has 0 bridgehead atoms. The second-order valence-electron chi connectivity index (χ2n) is 6.77. The molecule has 8 heteroatoms. The van der Waals surface area contributed by atoms with E-state index in [1.54, 1.807) is 6.07 Å². The van der Waals surface area contributed by atoms with Gasteiger partial charge in [-0.3, -0.25) is 4.79 Å². The van der Waals surface area contributed by atoms with Crippen LogP contribution in [0.5, 0.6) is 5.75 Å². The van der Waals surface area contributed by atoms with Gasteiger partial charge in [-0.2, -0.15) is 0 Å². The number of thioether (sulfide) groups is 1. The number of carbonyl (C=O) groups is 1. The molecular weight excluding hydrogens is 384 g/mol. The number of hydrogen-bond donors (Lipinski definition) is 1. The highest BCUT2D eigenvalue weighted by Crippen LogP contribution is 2.25. The number of aromatic nitrogens is 3. The van der Waals surface area contributed by atoms with E-state index >= 15 is 0 Å². The molecule has 2 aromatic rings. The normalized spacial score (nSPS) is 14.9. The van der Waals surface area contributed by atoms with Crippen LogP contribution in [0.3, 0.4) is 0 Å². The van der Waals surface area contributed by atoms with Crippen molar-refractivity contribution in [3.05, 3.63) is 35.1 Å². The Balaban J connectivity index is 1.44. The van der Waals surface area contributed by atoms with E-state index in [4.69, 9.17) is 16.3 Å². The molecule has 27 heavy (non-hydrogen) atoms. The van der Waals surface area contributed by atoms with Crippen molar-refractivity contribution in [1.29, 1.82) is 0 Å². The van der Waals surface area contributed by atoms with Crippen LogP contribution in [0.4, 0.5) is 0 Å². The summed E-state index contributed by atoms with van der Waals surface area (Å²) in [5.41, 5.74) is 0. The predicted octanol–water partition coefficient (Wildman–Crippen LogP) is 3.84. The maximum Gasteiger partial charge on any atom is 0.230 e. The van der Waals surface area contributed by atoms with E-state index in [1.807, 2.05) is 29.8 Å². The number of benzene rings is 1. The second-order valence-corrected chi connectivity index (χ2v) is 8.12. The summed E-state index contributed by atoms with van der Waals surface area (Å²) in [5, 5.41) is 12.6. The standard InChI is InChI=1S/C19H25ClN4O2S/c1-24-17(12-26-16-10-6-5-9-15(16)20)22-23-19(24)27-13-18(25)21-11-14-7-3-2-4-8-14/h5-6,9-10,14H,2-4,7-8,11-13H2,1H3,(H,21,25). The van der Waals surface area contributed by atoms with Crippen molar-refractivity contribution in [3.63, 3.8) is 0 Å². The maximum atomic E-state index is 12.1. The summed E-state index contributed by atoms with van der Waals surface area (Å²) in [6.07, 6.45) is 6.35. The zero-order chi connectivity index (χ0) is 19.1. The average Bonchev–Trinajstić information content (AvgIpc) is 3.04. The van der Waals surface area contributed by atoms with Gasteiger partial charge in [0.1, 0.15) is 12.4 Å². The van der Waals surface area contributed by atoms with E-state index in [0.717, 1.165) is 6.54 Å². The highest BCUT2D eigenvalue weighted by molar-refractivity contribution is 7.99. The van der Waals surface area contributed by atoms with Gasteiger partial charge >= 0.3 is 0 Å². The van der Waals surface area contributed by atoms with E-state index in [0.29, 0.717) is 33.4 Å². The minimum Gasteiger partial charge on any atom is -0.484 e. The van der Waals surface area contributed by atoms with Gasteiger partial charge < -0.3 is 14.6 Å². The Morgan fingerprint density at radius 2 is 2.07 bits per heavy atom. The minimum atomic E-state index is 0.0439. The van der Waals surface area contributed by atoms with Gasteiger partial charge in [0, 0.05) is 13.6 Å². The van der Waals surface area contributed by atoms with Crippen molar-refractivity contribution in [1.82, 2.24) is 20.1 Å². The first kappa shape index (κ1) is 20.0. The Hall–Kier alpha value is -1.73. The summed E-state index contributed by atoms with van der Waals surface area (Å²) in [6.45, 7) is 1.05. The van der Waals surface area contributed by atoms with E-state index in [2.05, 4.69) is 15.5 Å². The zero-order valence-electron chi connectivity index (χ0n) is 15.5. The number of rotatable bonds is 8. The summed E-state index contributed by atoms with van der Waals surface area (Å²) >= 11 is 7.47. The number of amides is 1. The molecule has 0 atom stereocenters. The molecule has 1 saturated carbocycles. The molecule has 1 N–H and O–H groups in total. The third kappa shape index (κ3) is 5.87. The highest BCUT2D eigenvalue weighted by atomic mass is 35.5. The van der Waals surface area contributed by atoms with Crippen LogP contribution in [-0.4, -0.2) is 33.0 Å². The van der Waals surface area contributed by atoms with E-state index in [1.165, 1.54) is 43.9 Å². The van der Waals surface area contributed by atoms with Gasteiger partial charge in [0.15, 0.2) is 11.0 Å². The van der Waals surface area contributed by atoms with Crippen LogP contribution in [0.2, 0.25) is 5.02 Å². The smallest absolute Gasteiger partial charge is 0.230 e. The molecule has 1 fully saturated rings. The van der Waals surface area contributed by atoms with Gasteiger partial charge in [-0.05, 0) is 30.9 Å². The molecule has 1 heterocycles. The molecule has 3 rings (SSSR count). The molecule has 1 aromatic heterocycles. The van der Waals surface area contributed by atoms with Crippen LogP contribution in [0.1, 0.15) is 37.9 Å². The first-order valence-electron chi connectivity index (χ1n) is 9.28. The molecule has 0 radical (unpaired) electrons. The van der Waals surface area contributed by atoms with Gasteiger partial charge in [-0.15, -0.1) is 10.2 Å². The number of nitrogens with zero attached hydrogens (tertiary/aromatic N) is 3. The predicted molar refractivity (Wildman–Crippen MR) is 107 cm³/mol. The first-order valence-corrected chi connectivity index (χ1v) is 10.6. The fraction of sp³-hybridized carbons (Fsp3) is 0.526. The van der Waals surface area contributed by atoms with Gasteiger partial charge in [0.05, 0.1) is 10.8 Å². The summed E-state index contributed by atoms with van der Waals surface area (Å²) in [6, 6.07) is 7.31. The molecule has 0 unspecified atom stereocenters. The molecule has 6 nitrogen and oxygen atoms in total. The lowest BCUT2D eigenvalue weighted by Crippen LogP contribution is -2.31. The quantitative estimate of drug-likeness (QED) is 0.672.